The second kappa shape index (κ2) is 6.51. The molecule has 8 nitrogen and oxygen atoms in total. The van der Waals surface area contributed by atoms with E-state index in [4.69, 9.17) is 5.11 Å². The molecule has 0 aliphatic rings. The van der Waals surface area contributed by atoms with E-state index in [1.807, 2.05) is 6.92 Å². The molecule has 0 saturated heterocycles. The lowest BCUT2D eigenvalue weighted by Crippen LogP contribution is -2.44. The Kier molecular flexibility index (Phi) is 4.50. The van der Waals surface area contributed by atoms with Gasteiger partial charge in [0.2, 0.25) is 0 Å². The Balaban J connectivity index is 1.98. The molecule has 2 aromatic rings. The highest BCUT2D eigenvalue weighted by molar-refractivity contribution is 5.92. The van der Waals surface area contributed by atoms with E-state index in [9.17, 15) is 9.59 Å². The fourth-order valence-electron chi connectivity index (χ4n) is 1.73. The largest absolute Gasteiger partial charge is 0.480 e. The highest BCUT2D eigenvalue weighted by Crippen LogP contribution is 2.11. The van der Waals surface area contributed by atoms with Gasteiger partial charge in [0, 0.05) is 24.5 Å². The molecule has 0 aliphatic carbocycles. The number of aryl methyl sites for hydroxylation is 1. The lowest BCUT2D eigenvalue weighted by molar-refractivity contribution is -0.139. The van der Waals surface area contributed by atoms with Gasteiger partial charge in [-0.3, -0.25) is 4.98 Å². The van der Waals surface area contributed by atoms with E-state index in [2.05, 4.69) is 25.6 Å². The number of aromatic nitrogens is 3. The number of nitrogens with zero attached hydrogens (tertiary/aromatic N) is 2. The summed E-state index contributed by atoms with van der Waals surface area (Å²) in [5.41, 5.74) is 1.99. The maximum Gasteiger partial charge on any atom is 0.326 e. The monoisotopic (exact) mass is 289 g/mol. The van der Waals surface area contributed by atoms with E-state index in [1.165, 1.54) is 18.7 Å². The van der Waals surface area contributed by atoms with Crippen LogP contribution >= 0.6 is 0 Å². The number of hydrogen-bond acceptors (Lipinski definition) is 4. The summed E-state index contributed by atoms with van der Waals surface area (Å²) in [6.45, 7) is 1.82. The number of carboxylic acid groups (broad SMARTS) is 1. The molecule has 4 N–H and O–H groups in total. The number of aliphatic carboxylic acids is 1. The number of amides is 2. The molecule has 2 heterocycles. The van der Waals surface area contributed by atoms with E-state index in [0.29, 0.717) is 11.4 Å². The molecule has 0 radical (unpaired) electrons. The molecule has 21 heavy (non-hydrogen) atoms. The Morgan fingerprint density at radius 1 is 1.38 bits per heavy atom. The number of hydrogen-bond donors (Lipinski definition) is 4. The molecule has 0 saturated carbocycles. The Morgan fingerprint density at radius 3 is 2.81 bits per heavy atom. The van der Waals surface area contributed by atoms with Crippen molar-refractivity contribution in [3.63, 3.8) is 0 Å². The van der Waals surface area contributed by atoms with E-state index < -0.39 is 18.0 Å². The summed E-state index contributed by atoms with van der Waals surface area (Å²) in [6, 6.07) is 0.0926. The highest BCUT2D eigenvalue weighted by atomic mass is 16.4. The van der Waals surface area contributed by atoms with Crippen LogP contribution in [0.3, 0.4) is 0 Å². The summed E-state index contributed by atoms with van der Waals surface area (Å²) >= 11 is 0. The molecule has 2 aromatic heterocycles. The summed E-state index contributed by atoms with van der Waals surface area (Å²) in [7, 11) is 0. The number of aromatic amines is 1. The van der Waals surface area contributed by atoms with Crippen molar-refractivity contribution in [3.05, 3.63) is 42.2 Å². The van der Waals surface area contributed by atoms with E-state index in [1.54, 1.807) is 12.3 Å². The predicted molar refractivity (Wildman–Crippen MR) is 74.8 cm³/mol. The number of imidazole rings is 1. The van der Waals surface area contributed by atoms with E-state index in [-0.39, 0.29) is 6.42 Å². The second-order valence-corrected chi connectivity index (χ2v) is 4.46. The van der Waals surface area contributed by atoms with Crippen molar-refractivity contribution in [1.82, 2.24) is 20.3 Å². The first kappa shape index (κ1) is 14.5. The first-order valence-electron chi connectivity index (χ1n) is 6.24. The van der Waals surface area contributed by atoms with Crippen LogP contribution in [0, 0.1) is 6.92 Å². The van der Waals surface area contributed by atoms with Gasteiger partial charge in [0.05, 0.1) is 18.2 Å². The summed E-state index contributed by atoms with van der Waals surface area (Å²) < 4.78 is 0. The van der Waals surface area contributed by atoms with Crippen molar-refractivity contribution in [1.29, 1.82) is 0 Å². The van der Waals surface area contributed by atoms with E-state index in [0.717, 1.165) is 5.56 Å². The molecule has 0 spiro atoms. The quantitative estimate of drug-likeness (QED) is 0.652. The zero-order valence-corrected chi connectivity index (χ0v) is 11.3. The number of pyridine rings is 1. The van der Waals surface area contributed by atoms with Gasteiger partial charge in [-0.1, -0.05) is 0 Å². The van der Waals surface area contributed by atoms with Gasteiger partial charge >= 0.3 is 12.0 Å². The van der Waals surface area contributed by atoms with Crippen LogP contribution < -0.4 is 10.6 Å². The lowest BCUT2D eigenvalue weighted by atomic mass is 10.1. The van der Waals surface area contributed by atoms with Crippen LogP contribution in [-0.2, 0) is 11.2 Å². The first-order valence-corrected chi connectivity index (χ1v) is 6.24. The minimum Gasteiger partial charge on any atom is -0.480 e. The number of carbonyl (C=O) groups excluding carboxylic acids is 1. The highest BCUT2D eigenvalue weighted by Gasteiger charge is 2.21. The smallest absolute Gasteiger partial charge is 0.326 e. The van der Waals surface area contributed by atoms with Gasteiger partial charge in [-0.2, -0.15) is 0 Å². The van der Waals surface area contributed by atoms with Gasteiger partial charge in [0.15, 0.2) is 0 Å². The SMILES string of the molecule is Cc1ccncc1NC(=O)NC(Cc1cnc[nH]1)C(=O)O. The van der Waals surface area contributed by atoms with Crippen LogP contribution in [0.25, 0.3) is 0 Å². The van der Waals surface area contributed by atoms with Crippen LogP contribution in [0.15, 0.2) is 31.0 Å². The molecule has 0 aliphatic heterocycles. The first-order chi connectivity index (χ1) is 10.1. The number of urea groups is 1. The molecule has 1 atom stereocenters. The van der Waals surface area contributed by atoms with Gasteiger partial charge in [0.1, 0.15) is 6.04 Å². The molecular weight excluding hydrogens is 274 g/mol. The standard InChI is InChI=1S/C13H15N5O3/c1-8-2-3-14-6-11(8)18-13(21)17-10(12(19)20)4-9-5-15-7-16-9/h2-3,5-7,10H,4H2,1H3,(H,15,16)(H,19,20)(H2,17,18,21). The predicted octanol–water partition coefficient (Wildman–Crippen LogP) is 0.931. The lowest BCUT2D eigenvalue weighted by Gasteiger charge is -2.15. The van der Waals surface area contributed by atoms with Gasteiger partial charge in [-0.25, -0.2) is 14.6 Å². The van der Waals surface area contributed by atoms with Crippen LogP contribution in [0.4, 0.5) is 10.5 Å². The zero-order valence-electron chi connectivity index (χ0n) is 11.3. The van der Waals surface area contributed by atoms with Gasteiger partial charge < -0.3 is 20.7 Å². The zero-order chi connectivity index (χ0) is 15.2. The number of carbonyl (C=O) groups is 2. The summed E-state index contributed by atoms with van der Waals surface area (Å²) in [5, 5.41) is 14.1. The average molecular weight is 289 g/mol. The third-order valence-corrected chi connectivity index (χ3v) is 2.87. The average Bonchev–Trinajstić information content (AvgIpc) is 2.93. The van der Waals surface area contributed by atoms with Gasteiger partial charge in [0.25, 0.3) is 0 Å². The topological polar surface area (TPSA) is 120 Å². The molecule has 2 rings (SSSR count). The Hall–Kier alpha value is -2.90. The van der Waals surface area contributed by atoms with Crippen molar-refractivity contribution in [3.8, 4) is 0 Å². The van der Waals surface area contributed by atoms with Crippen molar-refractivity contribution in [2.75, 3.05) is 5.32 Å². The van der Waals surface area contributed by atoms with Crippen molar-refractivity contribution in [2.45, 2.75) is 19.4 Å². The fourth-order valence-corrected chi connectivity index (χ4v) is 1.73. The van der Waals surface area contributed by atoms with Gasteiger partial charge in [-0.05, 0) is 18.6 Å². The molecule has 110 valence electrons. The number of rotatable bonds is 5. The molecule has 0 aromatic carbocycles. The summed E-state index contributed by atoms with van der Waals surface area (Å²) in [6.07, 6.45) is 6.19. The Morgan fingerprint density at radius 2 is 2.19 bits per heavy atom. The summed E-state index contributed by atoms with van der Waals surface area (Å²) in [5.74, 6) is -1.12. The van der Waals surface area contributed by atoms with Crippen LogP contribution in [0.5, 0.6) is 0 Å². The third-order valence-electron chi connectivity index (χ3n) is 2.87. The van der Waals surface area contributed by atoms with Crippen molar-refractivity contribution in [2.24, 2.45) is 0 Å². The van der Waals surface area contributed by atoms with Gasteiger partial charge in [-0.15, -0.1) is 0 Å². The number of anilines is 1. The number of carboxylic acids is 1. The second-order valence-electron chi connectivity index (χ2n) is 4.46. The minimum atomic E-state index is -1.12. The normalized spacial score (nSPS) is 11.7. The van der Waals surface area contributed by atoms with Crippen LogP contribution in [0.1, 0.15) is 11.3 Å². The van der Waals surface area contributed by atoms with Crippen molar-refractivity contribution >= 4 is 17.7 Å². The summed E-state index contributed by atoms with van der Waals surface area (Å²) in [4.78, 5) is 33.6. The molecule has 0 fully saturated rings. The number of nitrogens with one attached hydrogen (secondary N) is 3. The number of H-pyrrole nitrogens is 1. The molecule has 0 bridgehead atoms. The molecule has 1 unspecified atom stereocenters. The van der Waals surface area contributed by atoms with E-state index >= 15 is 0 Å². The minimum absolute atomic E-state index is 0.120. The maximum atomic E-state index is 11.9. The maximum absolute atomic E-state index is 11.9. The Bertz CT molecular complexity index is 626. The molecule has 8 heteroatoms. The fraction of sp³-hybridized carbons (Fsp3) is 0.231. The third kappa shape index (κ3) is 4.03. The van der Waals surface area contributed by atoms with Crippen molar-refractivity contribution < 1.29 is 14.7 Å². The molecule has 2 amide bonds. The van der Waals surface area contributed by atoms with Crippen LogP contribution in [0.2, 0.25) is 0 Å². The van der Waals surface area contributed by atoms with Crippen LogP contribution in [-0.4, -0.2) is 38.1 Å². The molecular formula is C13H15N5O3. The Labute approximate surface area is 120 Å².